The van der Waals surface area contributed by atoms with Crippen molar-refractivity contribution in [2.45, 2.75) is 19.4 Å². The third-order valence-corrected chi connectivity index (χ3v) is 5.55. The van der Waals surface area contributed by atoms with Gasteiger partial charge in [0.15, 0.2) is 0 Å². The number of aryl methyl sites for hydroxylation is 1. The van der Waals surface area contributed by atoms with Crippen LogP contribution in [0.25, 0.3) is 11.3 Å². The summed E-state index contributed by atoms with van der Waals surface area (Å²) in [6.45, 7) is 2.72. The molecule has 1 aliphatic heterocycles. The quantitative estimate of drug-likeness (QED) is 0.796. The van der Waals surface area contributed by atoms with Gasteiger partial charge in [0.05, 0.1) is 23.2 Å². The summed E-state index contributed by atoms with van der Waals surface area (Å²) >= 11 is 3.45. The number of aromatic nitrogens is 1. The van der Waals surface area contributed by atoms with Gasteiger partial charge in [-0.15, -0.1) is 0 Å². The lowest BCUT2D eigenvalue weighted by Gasteiger charge is -2.18. The molecular formula is C18H20BrN3O3S. The number of carbonyl (C=O) groups excluding carboxylic acids is 1. The van der Waals surface area contributed by atoms with E-state index in [1.807, 2.05) is 37.3 Å². The minimum atomic E-state index is -3.27. The lowest BCUT2D eigenvalue weighted by molar-refractivity contribution is 0.0789. The van der Waals surface area contributed by atoms with Crippen molar-refractivity contribution in [3.8, 4) is 11.3 Å². The van der Waals surface area contributed by atoms with Crippen LogP contribution in [-0.2, 0) is 10.0 Å². The van der Waals surface area contributed by atoms with E-state index in [9.17, 15) is 13.2 Å². The van der Waals surface area contributed by atoms with Crippen molar-refractivity contribution in [2.75, 3.05) is 19.3 Å². The second-order valence-electron chi connectivity index (χ2n) is 6.47. The van der Waals surface area contributed by atoms with E-state index in [1.165, 1.54) is 0 Å². The monoisotopic (exact) mass is 437 g/mol. The van der Waals surface area contributed by atoms with Gasteiger partial charge < -0.3 is 4.90 Å². The molecular weight excluding hydrogens is 418 g/mol. The molecule has 0 radical (unpaired) electrons. The minimum absolute atomic E-state index is 0.117. The van der Waals surface area contributed by atoms with Gasteiger partial charge in [-0.2, -0.15) is 0 Å². The van der Waals surface area contributed by atoms with Crippen LogP contribution < -0.4 is 4.72 Å². The number of hydrogen-bond acceptors (Lipinski definition) is 4. The van der Waals surface area contributed by atoms with Crippen LogP contribution in [0.4, 0.5) is 0 Å². The smallest absolute Gasteiger partial charge is 0.255 e. The zero-order valence-electron chi connectivity index (χ0n) is 14.6. The van der Waals surface area contributed by atoms with E-state index in [0.29, 0.717) is 30.8 Å². The van der Waals surface area contributed by atoms with E-state index >= 15 is 0 Å². The first-order valence-electron chi connectivity index (χ1n) is 8.23. The number of sulfonamides is 1. The number of likely N-dealkylation sites (tertiary alicyclic amines) is 1. The van der Waals surface area contributed by atoms with Crippen molar-refractivity contribution in [1.82, 2.24) is 14.6 Å². The maximum absolute atomic E-state index is 12.8. The Hall–Kier alpha value is -1.77. The van der Waals surface area contributed by atoms with Crippen molar-refractivity contribution in [3.63, 3.8) is 0 Å². The van der Waals surface area contributed by atoms with Gasteiger partial charge in [-0.1, -0.05) is 28.1 Å². The summed E-state index contributed by atoms with van der Waals surface area (Å²) in [5, 5.41) is 0. The number of rotatable bonds is 4. The predicted octanol–water partition coefficient (Wildman–Crippen LogP) is 2.58. The lowest BCUT2D eigenvalue weighted by atomic mass is 10.1. The van der Waals surface area contributed by atoms with E-state index in [-0.39, 0.29) is 11.9 Å². The van der Waals surface area contributed by atoms with Crippen molar-refractivity contribution in [1.29, 1.82) is 0 Å². The van der Waals surface area contributed by atoms with Gasteiger partial charge in [0.2, 0.25) is 10.0 Å². The highest BCUT2D eigenvalue weighted by Crippen LogP contribution is 2.23. The molecule has 0 bridgehead atoms. The Morgan fingerprint density at radius 1 is 1.31 bits per heavy atom. The Bertz CT molecular complexity index is 946. The molecule has 2 heterocycles. The maximum Gasteiger partial charge on any atom is 0.255 e. The first-order valence-corrected chi connectivity index (χ1v) is 10.9. The second kappa shape index (κ2) is 7.46. The predicted molar refractivity (Wildman–Crippen MR) is 104 cm³/mol. The van der Waals surface area contributed by atoms with Gasteiger partial charge in [-0.3, -0.25) is 9.78 Å². The molecule has 3 rings (SSSR count). The Kier molecular flexibility index (Phi) is 5.45. The highest BCUT2D eigenvalue weighted by Gasteiger charge is 2.29. The van der Waals surface area contributed by atoms with Gasteiger partial charge in [0.1, 0.15) is 0 Å². The fraction of sp³-hybridized carbons (Fsp3) is 0.333. The van der Waals surface area contributed by atoms with Crippen LogP contribution in [0.3, 0.4) is 0 Å². The summed E-state index contributed by atoms with van der Waals surface area (Å²) in [7, 11) is -3.27. The van der Waals surface area contributed by atoms with Gasteiger partial charge in [-0.05, 0) is 37.6 Å². The van der Waals surface area contributed by atoms with Crippen LogP contribution in [0.5, 0.6) is 0 Å². The van der Waals surface area contributed by atoms with Crippen LogP contribution in [0.15, 0.2) is 40.9 Å². The second-order valence-corrected chi connectivity index (χ2v) is 9.16. The molecule has 138 valence electrons. The molecule has 1 amide bonds. The molecule has 1 atom stereocenters. The van der Waals surface area contributed by atoms with E-state index < -0.39 is 10.0 Å². The molecule has 1 aromatic carbocycles. The molecule has 0 saturated carbocycles. The van der Waals surface area contributed by atoms with Crippen molar-refractivity contribution in [3.05, 3.63) is 52.1 Å². The van der Waals surface area contributed by atoms with Crippen molar-refractivity contribution >= 4 is 31.9 Å². The van der Waals surface area contributed by atoms with Gasteiger partial charge in [0, 0.05) is 29.2 Å². The van der Waals surface area contributed by atoms with Crippen LogP contribution in [0, 0.1) is 6.92 Å². The summed E-state index contributed by atoms with van der Waals surface area (Å²) in [5.74, 6) is -0.117. The van der Waals surface area contributed by atoms with Crippen LogP contribution >= 0.6 is 15.9 Å². The number of carbonyl (C=O) groups is 1. The molecule has 1 N–H and O–H groups in total. The molecule has 0 spiro atoms. The molecule has 26 heavy (non-hydrogen) atoms. The number of pyridine rings is 1. The fourth-order valence-corrected chi connectivity index (χ4v) is 4.31. The normalized spacial score (nSPS) is 17.5. The van der Waals surface area contributed by atoms with Crippen LogP contribution in [-0.4, -0.2) is 49.6 Å². The molecule has 2 aromatic rings. The summed E-state index contributed by atoms with van der Waals surface area (Å²) < 4.78 is 26.2. The summed E-state index contributed by atoms with van der Waals surface area (Å²) in [6.07, 6.45) is 1.74. The lowest BCUT2D eigenvalue weighted by Crippen LogP contribution is -2.38. The average molecular weight is 438 g/mol. The number of halogens is 1. The number of nitrogens with zero attached hydrogens (tertiary/aromatic N) is 2. The molecule has 1 aliphatic rings. The molecule has 0 aliphatic carbocycles. The van der Waals surface area contributed by atoms with E-state index in [1.54, 1.807) is 11.0 Å². The summed E-state index contributed by atoms with van der Waals surface area (Å²) in [5.41, 5.74) is 2.98. The van der Waals surface area contributed by atoms with Crippen LogP contribution in [0.2, 0.25) is 0 Å². The molecule has 1 aromatic heterocycles. The van der Waals surface area contributed by atoms with Gasteiger partial charge >= 0.3 is 0 Å². The molecule has 1 unspecified atom stereocenters. The molecule has 8 heteroatoms. The largest absolute Gasteiger partial charge is 0.337 e. The Labute approximate surface area is 161 Å². The molecule has 1 fully saturated rings. The van der Waals surface area contributed by atoms with Gasteiger partial charge in [0.25, 0.3) is 5.91 Å². The van der Waals surface area contributed by atoms with Crippen LogP contribution in [0.1, 0.15) is 22.5 Å². The molecule has 1 saturated heterocycles. The molecule has 6 nitrogen and oxygen atoms in total. The average Bonchev–Trinajstić information content (AvgIpc) is 3.00. The zero-order valence-corrected chi connectivity index (χ0v) is 17.0. The highest BCUT2D eigenvalue weighted by atomic mass is 79.9. The summed E-state index contributed by atoms with van der Waals surface area (Å²) in [4.78, 5) is 19.0. The minimum Gasteiger partial charge on any atom is -0.337 e. The standard InChI is InChI=1S/C18H20BrN3O3S/c1-12-16(6-7-17(20-12)13-4-3-5-14(19)10-13)18(23)22-9-8-15(11-22)21-26(2,24)25/h3-7,10,15,21H,8-9,11H2,1-2H3. The first-order chi connectivity index (χ1) is 12.2. The van der Waals surface area contributed by atoms with E-state index in [4.69, 9.17) is 0 Å². The number of hydrogen-bond donors (Lipinski definition) is 1. The fourth-order valence-electron chi connectivity index (χ4n) is 3.11. The van der Waals surface area contributed by atoms with E-state index in [0.717, 1.165) is 22.0 Å². The summed E-state index contributed by atoms with van der Waals surface area (Å²) in [6, 6.07) is 11.2. The van der Waals surface area contributed by atoms with E-state index in [2.05, 4.69) is 25.6 Å². The Morgan fingerprint density at radius 2 is 2.08 bits per heavy atom. The topological polar surface area (TPSA) is 79.4 Å². The Morgan fingerprint density at radius 3 is 2.73 bits per heavy atom. The SMILES string of the molecule is Cc1nc(-c2cccc(Br)c2)ccc1C(=O)N1CCC(NS(C)(=O)=O)C1. The highest BCUT2D eigenvalue weighted by molar-refractivity contribution is 9.10. The Balaban J connectivity index is 1.77. The van der Waals surface area contributed by atoms with Gasteiger partial charge in [-0.25, -0.2) is 13.1 Å². The van der Waals surface area contributed by atoms with Crippen molar-refractivity contribution in [2.24, 2.45) is 0 Å². The third-order valence-electron chi connectivity index (χ3n) is 4.29. The number of nitrogens with one attached hydrogen (secondary N) is 1. The third kappa shape index (κ3) is 4.49. The number of benzene rings is 1. The first kappa shape index (κ1) is 19.0. The zero-order chi connectivity index (χ0) is 18.9. The number of amides is 1. The maximum atomic E-state index is 12.8. The van der Waals surface area contributed by atoms with Crippen molar-refractivity contribution < 1.29 is 13.2 Å².